The average molecular weight is 491 g/mol. The number of nitrogens with zero attached hydrogens (tertiary/aromatic N) is 3. The topological polar surface area (TPSA) is 75.8 Å². The van der Waals surface area contributed by atoms with Gasteiger partial charge in [-0.05, 0) is 61.5 Å². The largest absolute Gasteiger partial charge is 0.421 e. The zero-order valence-electron chi connectivity index (χ0n) is 19.5. The maximum absolute atomic E-state index is 14.1. The highest BCUT2D eigenvalue weighted by Crippen LogP contribution is 2.22. The van der Waals surface area contributed by atoms with Crippen LogP contribution in [0.3, 0.4) is 0 Å². The number of oxazole rings is 1. The Bertz CT molecular complexity index is 1520. The first-order chi connectivity index (χ1) is 17.3. The Morgan fingerprint density at radius 3 is 2.31 bits per heavy atom. The number of halogens is 2. The minimum Gasteiger partial charge on any atom is -0.408 e. The summed E-state index contributed by atoms with van der Waals surface area (Å²) in [6.45, 7) is 4.78. The number of benzene rings is 3. The van der Waals surface area contributed by atoms with E-state index in [2.05, 4.69) is 9.80 Å². The molecule has 0 spiro atoms. The molecule has 4 aromatic rings. The summed E-state index contributed by atoms with van der Waals surface area (Å²) in [7, 11) is 0. The SMILES string of the molecule is CC(=O)c1ccc(N2CCN(Cn3c(=O)oc4cc(C(=O)c5cccc(F)c5F)ccc43)CC2)cc1. The Hall–Kier alpha value is -4.11. The Labute approximate surface area is 205 Å². The summed E-state index contributed by atoms with van der Waals surface area (Å²) in [6.07, 6.45) is 0. The van der Waals surface area contributed by atoms with Gasteiger partial charge in [-0.3, -0.25) is 19.1 Å². The molecule has 7 nitrogen and oxygen atoms in total. The normalized spacial score (nSPS) is 14.4. The molecule has 0 radical (unpaired) electrons. The van der Waals surface area contributed by atoms with Crippen molar-refractivity contribution in [3.63, 3.8) is 0 Å². The number of ketones is 2. The van der Waals surface area contributed by atoms with Crippen molar-refractivity contribution < 1.29 is 22.8 Å². The third kappa shape index (κ3) is 4.45. The van der Waals surface area contributed by atoms with Crippen LogP contribution in [0.2, 0.25) is 0 Å². The number of carbonyl (C=O) groups is 2. The first-order valence-corrected chi connectivity index (χ1v) is 11.5. The van der Waals surface area contributed by atoms with E-state index in [1.807, 2.05) is 24.3 Å². The van der Waals surface area contributed by atoms with Crippen LogP contribution >= 0.6 is 0 Å². The molecule has 184 valence electrons. The van der Waals surface area contributed by atoms with E-state index in [0.717, 1.165) is 24.8 Å². The molecule has 1 saturated heterocycles. The van der Waals surface area contributed by atoms with Gasteiger partial charge in [0.25, 0.3) is 0 Å². The van der Waals surface area contributed by atoms with E-state index >= 15 is 0 Å². The van der Waals surface area contributed by atoms with Crippen molar-refractivity contribution in [1.82, 2.24) is 9.47 Å². The van der Waals surface area contributed by atoms with E-state index in [1.165, 1.54) is 35.8 Å². The summed E-state index contributed by atoms with van der Waals surface area (Å²) in [5, 5.41) is 0. The van der Waals surface area contributed by atoms with Crippen LogP contribution in [-0.2, 0) is 6.67 Å². The second-order valence-corrected chi connectivity index (χ2v) is 8.76. The Morgan fingerprint density at radius 2 is 1.61 bits per heavy atom. The maximum Gasteiger partial charge on any atom is 0.421 e. The van der Waals surface area contributed by atoms with E-state index < -0.39 is 23.2 Å². The number of carbonyl (C=O) groups excluding carboxylic acids is 2. The van der Waals surface area contributed by atoms with Crippen LogP contribution in [0.1, 0.15) is 33.2 Å². The van der Waals surface area contributed by atoms with Crippen molar-refractivity contribution in [2.75, 3.05) is 31.1 Å². The number of fused-ring (bicyclic) bond motifs is 1. The van der Waals surface area contributed by atoms with Crippen molar-refractivity contribution in [2.45, 2.75) is 13.6 Å². The van der Waals surface area contributed by atoms with E-state index in [-0.39, 0.29) is 22.5 Å². The van der Waals surface area contributed by atoms with Gasteiger partial charge in [-0.1, -0.05) is 6.07 Å². The van der Waals surface area contributed by atoms with Crippen molar-refractivity contribution in [3.8, 4) is 0 Å². The highest BCUT2D eigenvalue weighted by atomic mass is 19.2. The van der Waals surface area contributed by atoms with Crippen LogP contribution < -0.4 is 10.7 Å². The van der Waals surface area contributed by atoms with E-state index in [0.29, 0.717) is 30.8 Å². The number of piperazine rings is 1. The van der Waals surface area contributed by atoms with E-state index in [9.17, 15) is 23.2 Å². The van der Waals surface area contributed by atoms with Gasteiger partial charge in [0.05, 0.1) is 17.7 Å². The zero-order valence-corrected chi connectivity index (χ0v) is 19.5. The second kappa shape index (κ2) is 9.50. The monoisotopic (exact) mass is 491 g/mol. The number of hydrogen-bond donors (Lipinski definition) is 0. The predicted molar refractivity (Wildman–Crippen MR) is 130 cm³/mol. The number of hydrogen-bond acceptors (Lipinski definition) is 6. The van der Waals surface area contributed by atoms with Crippen LogP contribution in [0.4, 0.5) is 14.5 Å². The molecule has 0 saturated carbocycles. The highest BCUT2D eigenvalue weighted by molar-refractivity contribution is 6.10. The zero-order chi connectivity index (χ0) is 25.4. The van der Waals surface area contributed by atoms with Crippen molar-refractivity contribution in [3.05, 3.63) is 99.5 Å². The Morgan fingerprint density at radius 1 is 0.917 bits per heavy atom. The predicted octanol–water partition coefficient (Wildman–Crippen LogP) is 4.09. The average Bonchev–Trinajstić information content (AvgIpc) is 3.19. The molecule has 1 aliphatic heterocycles. The summed E-state index contributed by atoms with van der Waals surface area (Å²) in [5.41, 5.74) is 2.14. The Kier molecular flexibility index (Phi) is 6.24. The van der Waals surface area contributed by atoms with Gasteiger partial charge in [-0.25, -0.2) is 13.6 Å². The fraction of sp³-hybridized carbons (Fsp3) is 0.222. The minimum absolute atomic E-state index is 0.0294. The first-order valence-electron chi connectivity index (χ1n) is 11.5. The van der Waals surface area contributed by atoms with Crippen molar-refractivity contribution >= 4 is 28.4 Å². The molecular weight excluding hydrogens is 468 g/mol. The van der Waals surface area contributed by atoms with E-state index in [4.69, 9.17) is 4.42 Å². The standard InChI is InChI=1S/C27H23F2N3O4/c1-17(33)18-5-8-20(9-6-18)31-13-11-30(12-14-31)16-32-23-10-7-19(15-24(23)36-27(32)35)26(34)21-3-2-4-22(28)25(21)29/h2-10,15H,11-14,16H2,1H3. The molecule has 0 N–H and O–H groups in total. The molecule has 0 unspecified atom stereocenters. The fourth-order valence-electron chi connectivity index (χ4n) is 4.43. The van der Waals surface area contributed by atoms with Crippen LogP contribution in [-0.4, -0.2) is 47.2 Å². The highest BCUT2D eigenvalue weighted by Gasteiger charge is 2.22. The molecule has 0 atom stereocenters. The molecular formula is C27H23F2N3O4. The molecule has 3 aromatic carbocycles. The summed E-state index contributed by atoms with van der Waals surface area (Å²) in [5.74, 6) is -3.55. The molecule has 2 heterocycles. The van der Waals surface area contributed by atoms with Crippen molar-refractivity contribution in [1.29, 1.82) is 0 Å². The van der Waals surface area contributed by atoms with Gasteiger partial charge in [0.1, 0.15) is 0 Å². The lowest BCUT2D eigenvalue weighted by Crippen LogP contribution is -2.47. The molecule has 1 aliphatic rings. The van der Waals surface area contributed by atoms with Crippen LogP contribution in [0.25, 0.3) is 11.1 Å². The fourth-order valence-corrected chi connectivity index (χ4v) is 4.43. The van der Waals surface area contributed by atoms with Crippen LogP contribution in [0.5, 0.6) is 0 Å². The number of Topliss-reactive ketones (excluding diaryl/α,β-unsaturated/α-hetero) is 1. The summed E-state index contributed by atoms with van der Waals surface area (Å²) < 4.78 is 34.5. The summed E-state index contributed by atoms with van der Waals surface area (Å²) >= 11 is 0. The van der Waals surface area contributed by atoms with Gasteiger partial charge < -0.3 is 9.32 Å². The van der Waals surface area contributed by atoms with Gasteiger partial charge in [0.15, 0.2) is 28.8 Å². The molecule has 0 amide bonds. The molecule has 1 fully saturated rings. The van der Waals surface area contributed by atoms with Gasteiger partial charge in [0, 0.05) is 43.0 Å². The smallest absolute Gasteiger partial charge is 0.408 e. The van der Waals surface area contributed by atoms with Gasteiger partial charge >= 0.3 is 5.76 Å². The van der Waals surface area contributed by atoms with Crippen molar-refractivity contribution in [2.24, 2.45) is 0 Å². The first kappa shape index (κ1) is 23.6. The van der Waals surface area contributed by atoms with Crippen LogP contribution in [0.15, 0.2) is 69.9 Å². The minimum atomic E-state index is -1.21. The lowest BCUT2D eigenvalue weighted by atomic mass is 10.0. The Balaban J connectivity index is 1.30. The quantitative estimate of drug-likeness (QED) is 0.379. The molecule has 1 aromatic heterocycles. The third-order valence-corrected chi connectivity index (χ3v) is 6.48. The summed E-state index contributed by atoms with van der Waals surface area (Å²) in [6, 6.07) is 15.4. The number of anilines is 1. The van der Waals surface area contributed by atoms with E-state index in [1.54, 1.807) is 6.07 Å². The molecule has 0 bridgehead atoms. The number of rotatable bonds is 6. The number of aromatic nitrogens is 1. The summed E-state index contributed by atoms with van der Waals surface area (Å²) in [4.78, 5) is 41.1. The maximum atomic E-state index is 14.1. The van der Waals surface area contributed by atoms with Gasteiger partial charge in [-0.2, -0.15) is 0 Å². The third-order valence-electron chi connectivity index (χ3n) is 6.48. The van der Waals surface area contributed by atoms with Gasteiger partial charge in [0.2, 0.25) is 0 Å². The van der Waals surface area contributed by atoms with Gasteiger partial charge in [-0.15, -0.1) is 0 Å². The lowest BCUT2D eigenvalue weighted by Gasteiger charge is -2.36. The lowest BCUT2D eigenvalue weighted by molar-refractivity contribution is 0.101. The van der Waals surface area contributed by atoms with Crippen LogP contribution in [0, 0.1) is 11.6 Å². The molecule has 0 aliphatic carbocycles. The molecule has 5 rings (SSSR count). The molecule has 9 heteroatoms. The molecule has 36 heavy (non-hydrogen) atoms. The second-order valence-electron chi connectivity index (χ2n) is 8.76.